The normalized spacial score (nSPS) is 16.7. The third-order valence-electron chi connectivity index (χ3n) is 2.43. The lowest BCUT2D eigenvalue weighted by Crippen LogP contribution is -2.34. The molecule has 0 saturated heterocycles. The summed E-state index contributed by atoms with van der Waals surface area (Å²) in [6.45, 7) is 0.235. The van der Waals surface area contributed by atoms with Crippen LogP contribution >= 0.6 is 0 Å². The van der Waals surface area contributed by atoms with E-state index in [1.165, 1.54) is 6.08 Å². The average Bonchev–Trinajstić information content (AvgIpc) is 2.43. The molecule has 1 amide bonds. The predicted octanol–water partition coefficient (Wildman–Crippen LogP) is 0.661. The number of benzene rings is 1. The highest BCUT2D eigenvalue weighted by Crippen LogP contribution is 2.06. The molecule has 0 unspecified atom stereocenters. The minimum Gasteiger partial charge on any atom is -0.445 e. The molecule has 1 aromatic carbocycles. The summed E-state index contributed by atoms with van der Waals surface area (Å²) in [6, 6.07) is 9.21. The van der Waals surface area contributed by atoms with E-state index in [0.717, 1.165) is 5.56 Å². The van der Waals surface area contributed by atoms with Crippen LogP contribution in [0.3, 0.4) is 0 Å². The van der Waals surface area contributed by atoms with Crippen molar-refractivity contribution >= 4 is 16.4 Å². The molecule has 2 rings (SSSR count). The minimum atomic E-state index is -3.75. The first kappa shape index (κ1) is 14.4. The van der Waals surface area contributed by atoms with Crippen molar-refractivity contribution < 1.29 is 22.1 Å². The Morgan fingerprint density at radius 1 is 1.35 bits per heavy atom. The van der Waals surface area contributed by atoms with E-state index in [2.05, 4.69) is 14.2 Å². The quantitative estimate of drug-likeness (QED) is 0.851. The largest absolute Gasteiger partial charge is 0.445 e. The lowest BCUT2D eigenvalue weighted by molar-refractivity contribution is 0.139. The van der Waals surface area contributed by atoms with Crippen LogP contribution in [0, 0.1) is 0 Å². The van der Waals surface area contributed by atoms with Crippen molar-refractivity contribution in [1.82, 2.24) is 10.0 Å². The van der Waals surface area contributed by atoms with Crippen LogP contribution in [0.2, 0.25) is 0 Å². The van der Waals surface area contributed by atoms with E-state index in [-0.39, 0.29) is 25.5 Å². The topological polar surface area (TPSA) is 93.7 Å². The highest BCUT2D eigenvalue weighted by molar-refractivity contribution is 7.84. The van der Waals surface area contributed by atoms with Crippen molar-refractivity contribution in [2.45, 2.75) is 6.61 Å². The van der Waals surface area contributed by atoms with Crippen molar-refractivity contribution in [3.63, 3.8) is 0 Å². The summed E-state index contributed by atoms with van der Waals surface area (Å²) < 4.78 is 34.0. The van der Waals surface area contributed by atoms with Crippen molar-refractivity contribution in [2.75, 3.05) is 13.1 Å². The highest BCUT2D eigenvalue weighted by atomic mass is 32.2. The smallest absolute Gasteiger partial charge is 0.407 e. The van der Waals surface area contributed by atoms with E-state index in [9.17, 15) is 13.2 Å². The Hall–Kier alpha value is -2.06. The first-order chi connectivity index (χ1) is 9.55. The summed E-state index contributed by atoms with van der Waals surface area (Å²) in [5.41, 5.74) is 0.863. The minimum absolute atomic E-state index is 0.0471. The molecular formula is C12H14N2O5S. The maximum atomic E-state index is 11.4. The van der Waals surface area contributed by atoms with Gasteiger partial charge in [0.05, 0.1) is 6.54 Å². The Morgan fingerprint density at radius 3 is 2.80 bits per heavy atom. The molecule has 108 valence electrons. The summed E-state index contributed by atoms with van der Waals surface area (Å²) in [4.78, 5) is 11.4. The fraction of sp³-hybridized carbons (Fsp3) is 0.250. The SMILES string of the molecule is O=C(NCC1=CCNS(=O)(=O)O1)OCc1ccccc1. The number of hydrogen-bond donors (Lipinski definition) is 2. The summed E-state index contributed by atoms with van der Waals surface area (Å²) in [7, 11) is -3.75. The molecule has 1 aliphatic heterocycles. The Labute approximate surface area is 116 Å². The van der Waals surface area contributed by atoms with Gasteiger partial charge in [-0.3, -0.25) is 0 Å². The first-order valence-electron chi connectivity index (χ1n) is 5.88. The molecule has 0 saturated carbocycles. The van der Waals surface area contributed by atoms with Gasteiger partial charge in [-0.2, -0.15) is 13.1 Å². The van der Waals surface area contributed by atoms with Gasteiger partial charge in [-0.15, -0.1) is 0 Å². The molecule has 0 bridgehead atoms. The molecule has 1 aromatic rings. The molecule has 0 aliphatic carbocycles. The second-order valence-corrected chi connectivity index (χ2v) is 5.34. The van der Waals surface area contributed by atoms with Crippen LogP contribution in [0.25, 0.3) is 0 Å². The van der Waals surface area contributed by atoms with Gasteiger partial charge in [-0.25, -0.2) is 4.79 Å². The Balaban J connectivity index is 1.74. The highest BCUT2D eigenvalue weighted by Gasteiger charge is 2.18. The van der Waals surface area contributed by atoms with E-state index < -0.39 is 16.4 Å². The Morgan fingerprint density at radius 2 is 2.10 bits per heavy atom. The van der Waals surface area contributed by atoms with Crippen molar-refractivity contribution in [3.8, 4) is 0 Å². The van der Waals surface area contributed by atoms with E-state index in [1.807, 2.05) is 30.3 Å². The van der Waals surface area contributed by atoms with E-state index >= 15 is 0 Å². The van der Waals surface area contributed by atoms with Crippen molar-refractivity contribution in [3.05, 3.63) is 47.7 Å². The lowest BCUT2D eigenvalue weighted by Gasteiger charge is -2.15. The fourth-order valence-electron chi connectivity index (χ4n) is 1.50. The molecule has 20 heavy (non-hydrogen) atoms. The number of nitrogens with one attached hydrogen (secondary N) is 2. The third kappa shape index (κ3) is 4.56. The van der Waals surface area contributed by atoms with Crippen molar-refractivity contribution in [2.24, 2.45) is 0 Å². The van der Waals surface area contributed by atoms with Gasteiger partial charge in [0.15, 0.2) is 0 Å². The van der Waals surface area contributed by atoms with Crippen LogP contribution in [0.5, 0.6) is 0 Å². The number of alkyl carbamates (subject to hydrolysis) is 1. The van der Waals surface area contributed by atoms with Crippen LogP contribution < -0.4 is 10.0 Å². The number of rotatable bonds is 4. The summed E-state index contributed by atoms with van der Waals surface area (Å²) in [5.74, 6) is 0.153. The van der Waals surface area contributed by atoms with Gasteiger partial charge >= 0.3 is 16.4 Å². The van der Waals surface area contributed by atoms with E-state index in [4.69, 9.17) is 4.74 Å². The second-order valence-electron chi connectivity index (χ2n) is 3.97. The van der Waals surface area contributed by atoms with Crippen molar-refractivity contribution in [1.29, 1.82) is 0 Å². The standard InChI is InChI=1S/C12H14N2O5S/c15-12(18-9-10-4-2-1-3-5-10)13-8-11-6-7-14-20(16,17)19-11/h1-6,14H,7-9H2,(H,13,15). The molecule has 1 aliphatic rings. The van der Waals surface area contributed by atoms with Crippen LogP contribution in [0.4, 0.5) is 4.79 Å². The maximum absolute atomic E-state index is 11.4. The first-order valence-corrected chi connectivity index (χ1v) is 7.29. The van der Waals surface area contributed by atoms with Gasteiger partial charge in [0.1, 0.15) is 12.4 Å². The molecule has 2 N–H and O–H groups in total. The summed E-state index contributed by atoms with van der Waals surface area (Å²) in [5, 5.41) is 2.41. The molecule has 8 heteroatoms. The lowest BCUT2D eigenvalue weighted by atomic mass is 10.2. The number of carbonyl (C=O) groups is 1. The van der Waals surface area contributed by atoms with Crippen LogP contribution in [0.1, 0.15) is 5.56 Å². The number of ether oxygens (including phenoxy) is 1. The predicted molar refractivity (Wildman–Crippen MR) is 70.7 cm³/mol. The molecule has 0 spiro atoms. The van der Waals surface area contributed by atoms with Gasteiger partial charge < -0.3 is 14.2 Å². The Bertz CT molecular complexity index is 598. The molecule has 0 radical (unpaired) electrons. The average molecular weight is 298 g/mol. The van der Waals surface area contributed by atoms with Gasteiger partial charge in [-0.1, -0.05) is 30.3 Å². The van der Waals surface area contributed by atoms with Crippen LogP contribution in [-0.4, -0.2) is 27.6 Å². The molecule has 1 heterocycles. The zero-order valence-corrected chi connectivity index (χ0v) is 11.4. The van der Waals surface area contributed by atoms with E-state index in [1.54, 1.807) is 0 Å². The van der Waals surface area contributed by atoms with Crippen LogP contribution in [-0.2, 0) is 25.8 Å². The molecule has 0 aromatic heterocycles. The molecular weight excluding hydrogens is 284 g/mol. The second kappa shape index (κ2) is 6.40. The van der Waals surface area contributed by atoms with E-state index in [0.29, 0.717) is 0 Å². The number of hydrogen-bond acceptors (Lipinski definition) is 5. The zero-order chi connectivity index (χ0) is 14.4. The third-order valence-corrected chi connectivity index (χ3v) is 3.38. The summed E-state index contributed by atoms with van der Waals surface area (Å²) >= 11 is 0. The van der Waals surface area contributed by atoms with Crippen LogP contribution in [0.15, 0.2) is 42.2 Å². The monoisotopic (exact) mass is 298 g/mol. The Kier molecular flexibility index (Phi) is 4.59. The maximum Gasteiger partial charge on any atom is 0.407 e. The molecule has 7 nitrogen and oxygen atoms in total. The van der Waals surface area contributed by atoms with Gasteiger partial charge in [0.2, 0.25) is 0 Å². The van der Waals surface area contributed by atoms with Gasteiger partial charge in [0.25, 0.3) is 0 Å². The summed E-state index contributed by atoms with van der Waals surface area (Å²) in [6.07, 6.45) is 0.882. The zero-order valence-electron chi connectivity index (χ0n) is 10.5. The number of amides is 1. The van der Waals surface area contributed by atoms with Gasteiger partial charge in [0, 0.05) is 6.54 Å². The van der Waals surface area contributed by atoms with Gasteiger partial charge in [-0.05, 0) is 11.6 Å². The molecule has 0 atom stereocenters. The molecule has 0 fully saturated rings. The fourth-order valence-corrected chi connectivity index (χ4v) is 2.25. The number of carbonyl (C=O) groups excluding carboxylic acids is 1.